The number of carbonyl (C=O) groups is 3. The SMILES string of the molecule is CC1=C(C(=O)O)C(c2ccc(C(F)(F)F)cc2)CC(=O)N1CC(=O)N(C)C. The number of aliphatic carboxylic acids is 1. The number of hydrogen-bond donors (Lipinski definition) is 1. The summed E-state index contributed by atoms with van der Waals surface area (Å²) in [5, 5.41) is 9.60. The van der Waals surface area contributed by atoms with E-state index in [2.05, 4.69) is 0 Å². The molecule has 1 N–H and O–H groups in total. The maximum atomic E-state index is 12.7. The Bertz CT molecular complexity index is 798. The number of hydrogen-bond acceptors (Lipinski definition) is 3. The van der Waals surface area contributed by atoms with Crippen LogP contribution >= 0.6 is 0 Å². The van der Waals surface area contributed by atoms with Crippen LogP contribution in [0.3, 0.4) is 0 Å². The second-order valence-corrected chi connectivity index (χ2v) is 6.45. The van der Waals surface area contributed by atoms with Crippen molar-refractivity contribution in [2.45, 2.75) is 25.4 Å². The van der Waals surface area contributed by atoms with E-state index in [1.165, 1.54) is 38.1 Å². The zero-order valence-corrected chi connectivity index (χ0v) is 15.0. The third kappa shape index (κ3) is 4.29. The molecule has 1 aromatic carbocycles. The van der Waals surface area contributed by atoms with Gasteiger partial charge < -0.3 is 14.9 Å². The molecule has 2 amide bonds. The maximum Gasteiger partial charge on any atom is 0.416 e. The van der Waals surface area contributed by atoms with Crippen LogP contribution in [0.25, 0.3) is 0 Å². The summed E-state index contributed by atoms with van der Waals surface area (Å²) in [7, 11) is 3.03. The van der Waals surface area contributed by atoms with Gasteiger partial charge in [0.25, 0.3) is 0 Å². The Morgan fingerprint density at radius 3 is 2.22 bits per heavy atom. The molecule has 0 fully saturated rings. The molecule has 0 saturated heterocycles. The number of benzene rings is 1. The first-order valence-corrected chi connectivity index (χ1v) is 8.05. The van der Waals surface area contributed by atoms with Gasteiger partial charge in [0.05, 0.1) is 11.1 Å². The van der Waals surface area contributed by atoms with E-state index in [9.17, 15) is 32.7 Å². The standard InChI is InChI=1S/C18H19F3N2O4/c1-10-16(17(26)27)13(8-14(24)23(10)9-15(25)22(2)3)11-4-6-12(7-5-11)18(19,20)21/h4-7,13H,8-9H2,1-3H3,(H,26,27). The lowest BCUT2D eigenvalue weighted by Gasteiger charge is -2.34. The minimum Gasteiger partial charge on any atom is -0.478 e. The Balaban J connectivity index is 2.43. The van der Waals surface area contributed by atoms with Crippen molar-refractivity contribution in [1.29, 1.82) is 0 Å². The van der Waals surface area contributed by atoms with E-state index >= 15 is 0 Å². The van der Waals surface area contributed by atoms with Crippen molar-refractivity contribution in [2.24, 2.45) is 0 Å². The second kappa shape index (κ2) is 7.42. The van der Waals surface area contributed by atoms with Gasteiger partial charge in [-0.1, -0.05) is 12.1 Å². The number of alkyl halides is 3. The Hall–Kier alpha value is -2.84. The van der Waals surface area contributed by atoms with Crippen molar-refractivity contribution < 1.29 is 32.7 Å². The first-order chi connectivity index (χ1) is 12.4. The predicted molar refractivity (Wildman–Crippen MR) is 89.5 cm³/mol. The van der Waals surface area contributed by atoms with Gasteiger partial charge in [-0.3, -0.25) is 9.59 Å². The lowest BCUT2D eigenvalue weighted by molar-refractivity contribution is -0.140. The highest BCUT2D eigenvalue weighted by Crippen LogP contribution is 2.38. The molecule has 27 heavy (non-hydrogen) atoms. The van der Waals surface area contributed by atoms with Crippen LogP contribution in [0.4, 0.5) is 13.2 Å². The molecule has 2 rings (SSSR count). The van der Waals surface area contributed by atoms with Crippen molar-refractivity contribution in [1.82, 2.24) is 9.80 Å². The van der Waals surface area contributed by atoms with Gasteiger partial charge in [-0.05, 0) is 24.6 Å². The van der Waals surface area contributed by atoms with Crippen LogP contribution in [0.15, 0.2) is 35.5 Å². The van der Waals surface area contributed by atoms with E-state index in [1.807, 2.05) is 0 Å². The first-order valence-electron chi connectivity index (χ1n) is 8.05. The first kappa shape index (κ1) is 20.5. The smallest absolute Gasteiger partial charge is 0.416 e. The average Bonchev–Trinajstić information content (AvgIpc) is 2.56. The fourth-order valence-corrected chi connectivity index (χ4v) is 2.95. The van der Waals surface area contributed by atoms with E-state index in [0.29, 0.717) is 5.56 Å². The molecule has 9 heteroatoms. The van der Waals surface area contributed by atoms with Gasteiger partial charge in [0.2, 0.25) is 11.8 Å². The number of nitrogens with zero attached hydrogens (tertiary/aromatic N) is 2. The van der Waals surface area contributed by atoms with Crippen LogP contribution in [0, 0.1) is 0 Å². The number of rotatable bonds is 4. The Morgan fingerprint density at radius 1 is 1.22 bits per heavy atom. The van der Waals surface area contributed by atoms with Crippen molar-refractivity contribution in [3.8, 4) is 0 Å². The number of carbonyl (C=O) groups excluding carboxylic acids is 2. The van der Waals surface area contributed by atoms with Crippen LogP contribution in [0.2, 0.25) is 0 Å². The van der Waals surface area contributed by atoms with Crippen LogP contribution in [-0.2, 0) is 20.6 Å². The molecule has 0 aliphatic carbocycles. The Morgan fingerprint density at radius 2 is 1.78 bits per heavy atom. The fraction of sp³-hybridized carbons (Fsp3) is 0.389. The zero-order chi connectivity index (χ0) is 20.5. The molecular formula is C18H19F3N2O4. The molecule has 0 bridgehead atoms. The largest absolute Gasteiger partial charge is 0.478 e. The molecule has 0 saturated carbocycles. The summed E-state index contributed by atoms with van der Waals surface area (Å²) in [6.07, 6.45) is -4.75. The molecule has 0 radical (unpaired) electrons. The molecule has 1 aliphatic rings. The van der Waals surface area contributed by atoms with Crippen molar-refractivity contribution in [3.05, 3.63) is 46.7 Å². The van der Waals surface area contributed by atoms with E-state index in [1.54, 1.807) is 0 Å². The van der Waals surface area contributed by atoms with E-state index in [4.69, 9.17) is 0 Å². The summed E-state index contributed by atoms with van der Waals surface area (Å²) < 4.78 is 38.2. The topological polar surface area (TPSA) is 77.9 Å². The van der Waals surface area contributed by atoms with Gasteiger partial charge in [0.15, 0.2) is 0 Å². The predicted octanol–water partition coefficient (Wildman–Crippen LogP) is 2.47. The highest BCUT2D eigenvalue weighted by atomic mass is 19.4. The average molecular weight is 384 g/mol. The molecule has 1 unspecified atom stereocenters. The monoisotopic (exact) mass is 384 g/mol. The minimum absolute atomic E-state index is 0.110. The molecule has 1 aromatic rings. The molecule has 1 heterocycles. The Kier molecular flexibility index (Phi) is 5.62. The quantitative estimate of drug-likeness (QED) is 0.865. The summed E-state index contributed by atoms with van der Waals surface area (Å²) in [5.74, 6) is -3.01. The second-order valence-electron chi connectivity index (χ2n) is 6.45. The minimum atomic E-state index is -4.51. The number of carboxylic acids is 1. The van der Waals surface area contributed by atoms with Crippen molar-refractivity contribution in [3.63, 3.8) is 0 Å². The van der Waals surface area contributed by atoms with E-state index in [-0.39, 0.29) is 30.1 Å². The summed E-state index contributed by atoms with van der Waals surface area (Å²) in [6, 6.07) is 4.07. The number of carboxylic acid groups (broad SMARTS) is 1. The molecule has 6 nitrogen and oxygen atoms in total. The van der Waals surface area contributed by atoms with E-state index in [0.717, 1.165) is 17.0 Å². The molecule has 1 aliphatic heterocycles. The normalized spacial score (nSPS) is 17.9. The fourth-order valence-electron chi connectivity index (χ4n) is 2.95. The lowest BCUT2D eigenvalue weighted by Crippen LogP contribution is -2.43. The van der Waals surface area contributed by atoms with Crippen LogP contribution in [0.5, 0.6) is 0 Å². The van der Waals surface area contributed by atoms with Gasteiger partial charge >= 0.3 is 12.1 Å². The van der Waals surface area contributed by atoms with Crippen molar-refractivity contribution >= 4 is 17.8 Å². The van der Waals surface area contributed by atoms with Gasteiger partial charge in [0, 0.05) is 32.1 Å². The van der Waals surface area contributed by atoms with Crippen LogP contribution < -0.4 is 0 Å². The molecule has 146 valence electrons. The van der Waals surface area contributed by atoms with Gasteiger partial charge in [-0.2, -0.15) is 13.2 Å². The van der Waals surface area contributed by atoms with E-state index < -0.39 is 29.5 Å². The number of allylic oxidation sites excluding steroid dienone is 1. The lowest BCUT2D eigenvalue weighted by atomic mass is 9.83. The van der Waals surface area contributed by atoms with Gasteiger partial charge in [-0.15, -0.1) is 0 Å². The van der Waals surface area contributed by atoms with Gasteiger partial charge in [0.1, 0.15) is 6.54 Å². The summed E-state index contributed by atoms with van der Waals surface area (Å²) in [6.45, 7) is 1.12. The number of halogens is 3. The molecule has 0 spiro atoms. The third-order valence-corrected chi connectivity index (χ3v) is 4.49. The molecule has 1 atom stereocenters. The maximum absolute atomic E-state index is 12.7. The summed E-state index contributed by atoms with van der Waals surface area (Å²) in [5.41, 5.74) is -0.560. The molecular weight excluding hydrogens is 365 g/mol. The summed E-state index contributed by atoms with van der Waals surface area (Å²) >= 11 is 0. The van der Waals surface area contributed by atoms with Crippen LogP contribution in [0.1, 0.15) is 30.4 Å². The molecule has 0 aromatic heterocycles. The Labute approximate surface area is 153 Å². The third-order valence-electron chi connectivity index (χ3n) is 4.49. The highest BCUT2D eigenvalue weighted by Gasteiger charge is 2.37. The van der Waals surface area contributed by atoms with Crippen molar-refractivity contribution in [2.75, 3.05) is 20.6 Å². The highest BCUT2D eigenvalue weighted by molar-refractivity contribution is 5.96. The number of amides is 2. The summed E-state index contributed by atoms with van der Waals surface area (Å²) in [4.78, 5) is 38.6. The van der Waals surface area contributed by atoms with Gasteiger partial charge in [-0.25, -0.2) is 4.79 Å². The van der Waals surface area contributed by atoms with Crippen LogP contribution in [-0.4, -0.2) is 53.3 Å². The zero-order valence-electron chi connectivity index (χ0n) is 15.0. The number of likely N-dealkylation sites (N-methyl/N-ethyl adjacent to an activating group) is 1.